The van der Waals surface area contributed by atoms with Crippen LogP contribution in [0.25, 0.3) is 11.3 Å². The molecule has 7 nitrogen and oxygen atoms in total. The van der Waals surface area contributed by atoms with Gasteiger partial charge in [0.15, 0.2) is 5.69 Å². The Bertz CT molecular complexity index is 1120. The van der Waals surface area contributed by atoms with E-state index in [2.05, 4.69) is 20.3 Å². The predicted molar refractivity (Wildman–Crippen MR) is 114 cm³/mol. The summed E-state index contributed by atoms with van der Waals surface area (Å²) >= 11 is 0. The van der Waals surface area contributed by atoms with Crippen molar-refractivity contribution >= 4 is 11.4 Å². The second-order valence-corrected chi connectivity index (χ2v) is 6.91. The van der Waals surface area contributed by atoms with E-state index in [0.29, 0.717) is 12.2 Å². The number of aromatic nitrogens is 1. The molecule has 166 valence electrons. The number of nitriles is 1. The van der Waals surface area contributed by atoms with Crippen LogP contribution in [0.4, 0.5) is 24.5 Å². The van der Waals surface area contributed by atoms with Crippen molar-refractivity contribution in [1.82, 2.24) is 9.88 Å². The van der Waals surface area contributed by atoms with Crippen LogP contribution in [-0.4, -0.2) is 36.6 Å². The van der Waals surface area contributed by atoms with Gasteiger partial charge in [-0.15, -0.1) is 0 Å². The van der Waals surface area contributed by atoms with E-state index in [1.165, 1.54) is 18.2 Å². The molecule has 0 fully saturated rings. The van der Waals surface area contributed by atoms with Crippen LogP contribution in [-0.2, 0) is 6.18 Å². The summed E-state index contributed by atoms with van der Waals surface area (Å²) in [7, 11) is 1.56. The van der Waals surface area contributed by atoms with E-state index in [4.69, 9.17) is 10.3 Å². The molecule has 0 atom stereocenters. The highest BCUT2D eigenvalue weighted by Crippen LogP contribution is 2.40. The van der Waals surface area contributed by atoms with Crippen molar-refractivity contribution in [3.63, 3.8) is 0 Å². The zero-order valence-corrected chi connectivity index (χ0v) is 17.5. The quantitative estimate of drug-likeness (QED) is 0.552. The van der Waals surface area contributed by atoms with Crippen LogP contribution in [0, 0.1) is 16.9 Å². The van der Waals surface area contributed by atoms with Crippen LogP contribution < -0.4 is 10.1 Å². The molecular formula is C22H21F3N6O. The summed E-state index contributed by atoms with van der Waals surface area (Å²) in [6.45, 7) is 3.55. The van der Waals surface area contributed by atoms with Crippen molar-refractivity contribution in [2.75, 3.05) is 32.1 Å². The number of anilines is 1. The molecule has 2 N–H and O–H groups in total. The Morgan fingerprint density at radius 2 is 2.12 bits per heavy atom. The number of halogens is 3. The third-order valence-electron chi connectivity index (χ3n) is 4.95. The molecule has 0 spiro atoms. The van der Waals surface area contributed by atoms with Gasteiger partial charge in [0.25, 0.3) is 0 Å². The smallest absolute Gasteiger partial charge is 0.419 e. The first-order valence-electron chi connectivity index (χ1n) is 9.76. The summed E-state index contributed by atoms with van der Waals surface area (Å²) in [5.41, 5.74) is 7.55. The molecule has 2 heterocycles. The van der Waals surface area contributed by atoms with Crippen molar-refractivity contribution in [3.05, 3.63) is 59.4 Å². The number of likely N-dealkylation sites (N-methyl/N-ethyl adjacent to an activating group) is 1. The lowest BCUT2D eigenvalue weighted by molar-refractivity contribution is -0.138. The maximum Gasteiger partial charge on any atom is 0.419 e. The van der Waals surface area contributed by atoms with Crippen LogP contribution in [0.1, 0.15) is 18.2 Å². The monoisotopic (exact) mass is 442 g/mol. The molecule has 1 aromatic carbocycles. The molecule has 0 aliphatic carbocycles. The standard InChI is InChI=1S/C22H21F3N6O/c1-3-31-8-6-14(7-9-31)13-32-20-5-4-15(10-16(20)22(23,24)25)17-11-18(28-2)21(30-27)19(12-26)29-17/h4-8,10-11,27H,3,9,13H2,1-2H3,(H,28,29). The Kier molecular flexibility index (Phi) is 6.78. The average molecular weight is 442 g/mol. The van der Waals surface area contributed by atoms with Gasteiger partial charge < -0.3 is 15.0 Å². The molecule has 0 amide bonds. The number of hydrogen-bond acceptors (Lipinski definition) is 7. The first kappa shape index (κ1) is 22.8. The number of hydrogen-bond donors (Lipinski definition) is 2. The molecule has 0 bridgehead atoms. The normalized spacial score (nSPS) is 13.4. The van der Waals surface area contributed by atoms with E-state index >= 15 is 0 Å². The molecule has 0 radical (unpaired) electrons. The summed E-state index contributed by atoms with van der Waals surface area (Å²) < 4.78 is 46.8. The van der Waals surface area contributed by atoms with Gasteiger partial charge >= 0.3 is 6.18 Å². The fourth-order valence-electron chi connectivity index (χ4n) is 3.17. The van der Waals surface area contributed by atoms with Gasteiger partial charge in [0.1, 0.15) is 24.1 Å². The molecule has 32 heavy (non-hydrogen) atoms. The van der Waals surface area contributed by atoms with E-state index in [9.17, 15) is 18.4 Å². The van der Waals surface area contributed by atoms with Gasteiger partial charge in [-0.3, -0.25) is 0 Å². The van der Waals surface area contributed by atoms with E-state index in [1.807, 2.05) is 31.3 Å². The van der Waals surface area contributed by atoms with Gasteiger partial charge in [-0.25, -0.2) is 10.5 Å². The highest BCUT2D eigenvalue weighted by molar-refractivity contribution is 5.77. The Morgan fingerprint density at radius 1 is 1.34 bits per heavy atom. The second-order valence-electron chi connectivity index (χ2n) is 6.91. The molecule has 10 heteroatoms. The molecule has 0 unspecified atom stereocenters. The van der Waals surface area contributed by atoms with Gasteiger partial charge in [-0.1, -0.05) is 6.08 Å². The summed E-state index contributed by atoms with van der Waals surface area (Å²) in [5, 5.41) is 15.4. The van der Waals surface area contributed by atoms with Crippen LogP contribution >= 0.6 is 0 Å². The zero-order chi connectivity index (χ0) is 23.3. The lowest BCUT2D eigenvalue weighted by Crippen LogP contribution is -2.20. The van der Waals surface area contributed by atoms with Gasteiger partial charge in [-0.05, 0) is 49.0 Å². The van der Waals surface area contributed by atoms with Gasteiger partial charge in [-0.2, -0.15) is 23.5 Å². The molecule has 0 saturated carbocycles. The lowest BCUT2D eigenvalue weighted by atomic mass is 10.0. The Hall–Kier alpha value is -3.87. The van der Waals surface area contributed by atoms with Crippen molar-refractivity contribution in [2.24, 2.45) is 5.11 Å². The topological polar surface area (TPSA) is 97.4 Å². The van der Waals surface area contributed by atoms with Crippen LogP contribution in [0.5, 0.6) is 5.75 Å². The van der Waals surface area contributed by atoms with Crippen LogP contribution in [0.15, 0.2) is 53.3 Å². The first-order valence-corrected chi connectivity index (χ1v) is 9.76. The minimum atomic E-state index is -4.65. The first-order chi connectivity index (χ1) is 15.3. The molecule has 1 aliphatic heterocycles. The zero-order valence-electron chi connectivity index (χ0n) is 17.5. The number of alkyl halides is 3. The highest BCUT2D eigenvalue weighted by Gasteiger charge is 2.35. The van der Waals surface area contributed by atoms with Crippen molar-refractivity contribution in [3.8, 4) is 23.1 Å². The van der Waals surface area contributed by atoms with Crippen molar-refractivity contribution in [1.29, 1.82) is 10.8 Å². The highest BCUT2D eigenvalue weighted by atomic mass is 19.4. The summed E-state index contributed by atoms with van der Waals surface area (Å²) in [5.74, 6) is -0.291. The number of benzene rings is 1. The largest absolute Gasteiger partial charge is 0.488 e. The third-order valence-corrected chi connectivity index (χ3v) is 4.95. The van der Waals surface area contributed by atoms with E-state index in [0.717, 1.165) is 18.2 Å². The maximum atomic E-state index is 13.8. The summed E-state index contributed by atoms with van der Waals surface area (Å²) in [6, 6.07) is 6.92. The van der Waals surface area contributed by atoms with Crippen molar-refractivity contribution < 1.29 is 17.9 Å². The Labute approximate surface area is 183 Å². The SMILES string of the molecule is CCN1C=CC(COc2ccc(-c3cc(NC)c(N=N)c(C#N)n3)cc2C(F)(F)F)=CC1. The fourth-order valence-corrected chi connectivity index (χ4v) is 3.17. The van der Waals surface area contributed by atoms with Crippen LogP contribution in [0.3, 0.4) is 0 Å². The summed E-state index contributed by atoms with van der Waals surface area (Å²) in [6.07, 6.45) is 0.968. The Balaban J connectivity index is 1.94. The minimum absolute atomic E-state index is 0.0108. The number of rotatable bonds is 7. The predicted octanol–water partition coefficient (Wildman–Crippen LogP) is 5.50. The fraction of sp³-hybridized carbons (Fsp3) is 0.273. The molecule has 3 rings (SSSR count). The molecule has 2 aromatic rings. The van der Waals surface area contributed by atoms with E-state index in [-0.39, 0.29) is 35.0 Å². The van der Waals surface area contributed by atoms with Crippen LogP contribution in [0.2, 0.25) is 0 Å². The lowest BCUT2D eigenvalue weighted by Gasteiger charge is -2.21. The van der Waals surface area contributed by atoms with Gasteiger partial charge in [0.05, 0.1) is 16.9 Å². The van der Waals surface area contributed by atoms with E-state index < -0.39 is 11.7 Å². The number of ether oxygens (including phenoxy) is 1. The third kappa shape index (κ3) is 4.88. The maximum absolute atomic E-state index is 13.8. The molecule has 1 aromatic heterocycles. The molecule has 0 saturated heterocycles. The van der Waals surface area contributed by atoms with Gasteiger partial charge in [0, 0.05) is 25.7 Å². The van der Waals surface area contributed by atoms with Crippen molar-refractivity contribution in [2.45, 2.75) is 13.1 Å². The van der Waals surface area contributed by atoms with E-state index in [1.54, 1.807) is 7.05 Å². The number of pyridine rings is 1. The average Bonchev–Trinajstić information content (AvgIpc) is 2.81. The number of nitrogens with zero attached hydrogens (tertiary/aromatic N) is 4. The second kappa shape index (κ2) is 9.51. The van der Waals surface area contributed by atoms with Gasteiger partial charge in [0.2, 0.25) is 0 Å². The number of nitrogens with one attached hydrogen (secondary N) is 2. The molecular weight excluding hydrogens is 421 g/mol. The Morgan fingerprint density at radius 3 is 2.69 bits per heavy atom. The summed E-state index contributed by atoms with van der Waals surface area (Å²) in [4.78, 5) is 6.14. The molecule has 1 aliphatic rings. The minimum Gasteiger partial charge on any atom is -0.488 e.